The van der Waals surface area contributed by atoms with Crippen LogP contribution in [0.3, 0.4) is 0 Å². The van der Waals surface area contributed by atoms with Crippen molar-refractivity contribution < 1.29 is 14.6 Å². The highest BCUT2D eigenvalue weighted by Gasteiger charge is 2.21. The lowest BCUT2D eigenvalue weighted by molar-refractivity contribution is -0.117. The number of nitrogens with one attached hydrogen (secondary N) is 1. The highest BCUT2D eigenvalue weighted by atomic mass is 16.5. The van der Waals surface area contributed by atoms with Crippen LogP contribution >= 0.6 is 0 Å². The zero-order valence-electron chi connectivity index (χ0n) is 12.8. The van der Waals surface area contributed by atoms with Gasteiger partial charge in [-0.1, -0.05) is 6.07 Å². The molecule has 2 N–H and O–H groups in total. The van der Waals surface area contributed by atoms with Crippen LogP contribution in [0, 0.1) is 5.92 Å². The van der Waals surface area contributed by atoms with Crippen LogP contribution in [0.15, 0.2) is 24.3 Å². The molecule has 1 aromatic rings. The first-order valence-corrected chi connectivity index (χ1v) is 8.10. The molecular weight excluding hydrogens is 278 g/mol. The second-order valence-electron chi connectivity index (χ2n) is 6.21. The fourth-order valence-electron chi connectivity index (χ4n) is 3.22. The van der Waals surface area contributed by atoms with Gasteiger partial charge in [0.25, 0.3) is 0 Å². The van der Waals surface area contributed by atoms with Gasteiger partial charge >= 0.3 is 0 Å². The zero-order valence-corrected chi connectivity index (χ0v) is 12.8. The quantitative estimate of drug-likeness (QED) is 0.839. The van der Waals surface area contributed by atoms with Crippen molar-refractivity contribution in [2.45, 2.75) is 38.1 Å². The number of rotatable bonds is 4. The molecule has 22 heavy (non-hydrogen) atoms. The summed E-state index contributed by atoms with van der Waals surface area (Å²) in [5.41, 5.74) is 2.24. The van der Waals surface area contributed by atoms with Crippen molar-refractivity contribution in [3.8, 4) is 5.75 Å². The van der Waals surface area contributed by atoms with Crippen molar-refractivity contribution in [1.29, 1.82) is 0 Å². The molecular formula is C18H23NO3. The molecule has 0 saturated heterocycles. The molecule has 1 amide bonds. The van der Waals surface area contributed by atoms with Crippen molar-refractivity contribution in [1.82, 2.24) is 5.32 Å². The van der Waals surface area contributed by atoms with Gasteiger partial charge in [-0.25, -0.2) is 0 Å². The number of aliphatic hydroxyl groups excluding tert-OH is 1. The Morgan fingerprint density at radius 1 is 1.32 bits per heavy atom. The van der Waals surface area contributed by atoms with E-state index in [-0.39, 0.29) is 18.6 Å². The Balaban J connectivity index is 1.51. The molecule has 3 rings (SSSR count). The molecule has 118 valence electrons. The van der Waals surface area contributed by atoms with E-state index in [1.807, 2.05) is 18.2 Å². The van der Waals surface area contributed by atoms with E-state index in [2.05, 4.69) is 11.4 Å². The van der Waals surface area contributed by atoms with Gasteiger partial charge in [-0.05, 0) is 60.9 Å². The fourth-order valence-corrected chi connectivity index (χ4v) is 3.22. The number of fused-ring (bicyclic) bond motifs is 1. The minimum atomic E-state index is -0.0378. The van der Waals surface area contributed by atoms with E-state index >= 15 is 0 Å². The molecule has 1 aliphatic heterocycles. The van der Waals surface area contributed by atoms with Crippen molar-refractivity contribution in [2.75, 3.05) is 13.2 Å². The molecule has 0 unspecified atom stereocenters. The van der Waals surface area contributed by atoms with Crippen LogP contribution in [-0.2, 0) is 11.2 Å². The van der Waals surface area contributed by atoms with E-state index in [0.29, 0.717) is 5.92 Å². The number of aliphatic hydroxyl groups is 1. The van der Waals surface area contributed by atoms with Gasteiger partial charge in [-0.15, -0.1) is 0 Å². The second kappa shape index (κ2) is 6.97. The molecule has 0 bridgehead atoms. The SMILES string of the molecule is O=C(/C=C/c1ccc2c(c1)CCO2)NC1CCC(CO)CC1. The van der Waals surface area contributed by atoms with Gasteiger partial charge in [0, 0.05) is 25.1 Å². The number of carbonyl (C=O) groups is 1. The summed E-state index contributed by atoms with van der Waals surface area (Å²) in [6, 6.07) is 6.27. The maximum absolute atomic E-state index is 12.0. The average Bonchev–Trinajstić information content (AvgIpc) is 3.01. The Labute approximate surface area is 131 Å². The molecule has 1 aromatic carbocycles. The standard InChI is InChI=1S/C18H23NO3/c20-12-14-1-5-16(6-2-14)19-18(21)8-4-13-3-7-17-15(11-13)9-10-22-17/h3-4,7-8,11,14,16,20H,1-2,5-6,9-10,12H2,(H,19,21)/b8-4+. The summed E-state index contributed by atoms with van der Waals surface area (Å²) in [5, 5.41) is 12.2. The Morgan fingerprint density at radius 2 is 2.14 bits per heavy atom. The molecule has 0 atom stereocenters. The lowest BCUT2D eigenvalue weighted by Gasteiger charge is -2.27. The van der Waals surface area contributed by atoms with Gasteiger partial charge in [0.15, 0.2) is 0 Å². The van der Waals surface area contributed by atoms with Crippen LogP contribution in [0.25, 0.3) is 6.08 Å². The van der Waals surface area contributed by atoms with Crippen molar-refractivity contribution in [3.05, 3.63) is 35.4 Å². The van der Waals surface area contributed by atoms with E-state index < -0.39 is 0 Å². The summed E-state index contributed by atoms with van der Waals surface area (Å²) < 4.78 is 5.48. The third-order valence-corrected chi connectivity index (χ3v) is 4.59. The van der Waals surface area contributed by atoms with Crippen LogP contribution in [0.4, 0.5) is 0 Å². The highest BCUT2D eigenvalue weighted by Crippen LogP contribution is 2.26. The van der Waals surface area contributed by atoms with Gasteiger partial charge in [-0.2, -0.15) is 0 Å². The largest absolute Gasteiger partial charge is 0.493 e. The molecule has 1 fully saturated rings. The zero-order chi connectivity index (χ0) is 15.4. The molecule has 1 saturated carbocycles. The van der Waals surface area contributed by atoms with E-state index in [1.165, 1.54) is 5.56 Å². The van der Waals surface area contributed by atoms with E-state index in [0.717, 1.165) is 50.0 Å². The van der Waals surface area contributed by atoms with Crippen LogP contribution in [0.5, 0.6) is 5.75 Å². The summed E-state index contributed by atoms with van der Waals surface area (Å²) >= 11 is 0. The number of hydrogen-bond donors (Lipinski definition) is 2. The maximum Gasteiger partial charge on any atom is 0.244 e. The summed E-state index contributed by atoms with van der Waals surface area (Å²) in [7, 11) is 0. The number of ether oxygens (including phenoxy) is 1. The minimum Gasteiger partial charge on any atom is -0.493 e. The molecule has 1 heterocycles. The second-order valence-corrected chi connectivity index (χ2v) is 6.21. The summed E-state index contributed by atoms with van der Waals surface area (Å²) in [6.45, 7) is 1.02. The predicted molar refractivity (Wildman–Crippen MR) is 85.6 cm³/mol. The summed E-state index contributed by atoms with van der Waals surface area (Å²) in [5.74, 6) is 1.34. The molecule has 4 heteroatoms. The lowest BCUT2D eigenvalue weighted by Crippen LogP contribution is -2.37. The Hall–Kier alpha value is -1.81. The predicted octanol–water partition coefficient (Wildman–Crippen LogP) is 2.30. The topological polar surface area (TPSA) is 58.6 Å². The fraction of sp³-hybridized carbons (Fsp3) is 0.500. The molecule has 0 aromatic heterocycles. The Kier molecular flexibility index (Phi) is 4.78. The van der Waals surface area contributed by atoms with Crippen LogP contribution in [0.2, 0.25) is 0 Å². The van der Waals surface area contributed by atoms with E-state index in [9.17, 15) is 4.79 Å². The molecule has 0 radical (unpaired) electrons. The molecule has 0 spiro atoms. The number of carbonyl (C=O) groups excluding carboxylic acids is 1. The van der Waals surface area contributed by atoms with Crippen molar-refractivity contribution >= 4 is 12.0 Å². The molecule has 1 aliphatic carbocycles. The number of hydrogen-bond acceptors (Lipinski definition) is 3. The first-order chi connectivity index (χ1) is 10.7. The smallest absolute Gasteiger partial charge is 0.244 e. The van der Waals surface area contributed by atoms with Crippen molar-refractivity contribution in [2.24, 2.45) is 5.92 Å². The van der Waals surface area contributed by atoms with Gasteiger partial charge in [0.1, 0.15) is 5.75 Å². The van der Waals surface area contributed by atoms with Gasteiger partial charge < -0.3 is 15.2 Å². The summed E-state index contributed by atoms with van der Waals surface area (Å²) in [4.78, 5) is 12.0. The van der Waals surface area contributed by atoms with Gasteiger partial charge in [-0.3, -0.25) is 4.79 Å². The first kappa shape index (κ1) is 15.1. The maximum atomic E-state index is 12.0. The molecule has 2 aliphatic rings. The highest BCUT2D eigenvalue weighted by molar-refractivity contribution is 5.92. The third kappa shape index (κ3) is 3.69. The first-order valence-electron chi connectivity index (χ1n) is 8.10. The lowest BCUT2D eigenvalue weighted by atomic mass is 9.86. The van der Waals surface area contributed by atoms with Crippen LogP contribution in [0.1, 0.15) is 36.8 Å². The Morgan fingerprint density at radius 3 is 2.91 bits per heavy atom. The van der Waals surface area contributed by atoms with Crippen LogP contribution < -0.4 is 10.1 Å². The minimum absolute atomic E-state index is 0.0378. The van der Waals surface area contributed by atoms with Crippen molar-refractivity contribution in [3.63, 3.8) is 0 Å². The normalized spacial score (nSPS) is 24.0. The number of benzene rings is 1. The van der Waals surface area contributed by atoms with Gasteiger partial charge in [0.2, 0.25) is 5.91 Å². The van der Waals surface area contributed by atoms with Crippen LogP contribution in [-0.4, -0.2) is 30.3 Å². The monoisotopic (exact) mass is 301 g/mol. The average molecular weight is 301 g/mol. The van der Waals surface area contributed by atoms with E-state index in [1.54, 1.807) is 6.08 Å². The third-order valence-electron chi connectivity index (χ3n) is 4.59. The Bertz CT molecular complexity index is 559. The van der Waals surface area contributed by atoms with Gasteiger partial charge in [0.05, 0.1) is 6.61 Å². The van der Waals surface area contributed by atoms with E-state index in [4.69, 9.17) is 9.84 Å². The molecule has 4 nitrogen and oxygen atoms in total. The number of amides is 1. The summed E-state index contributed by atoms with van der Waals surface area (Å²) in [6.07, 6.45) is 8.31.